The van der Waals surface area contributed by atoms with Gasteiger partial charge in [0.1, 0.15) is 0 Å². The molecule has 1 saturated carbocycles. The second kappa shape index (κ2) is 4.80. The van der Waals surface area contributed by atoms with Crippen molar-refractivity contribution in [1.29, 1.82) is 0 Å². The summed E-state index contributed by atoms with van der Waals surface area (Å²) in [6.45, 7) is 4.53. The Morgan fingerprint density at radius 1 is 1.37 bits per heavy atom. The van der Waals surface area contributed by atoms with E-state index in [0.717, 1.165) is 12.0 Å². The monoisotopic (exact) mass is 301 g/mol. The summed E-state index contributed by atoms with van der Waals surface area (Å²) < 4.78 is 22.2. The van der Waals surface area contributed by atoms with Gasteiger partial charge in [-0.3, -0.25) is 4.79 Å². The molecule has 1 atom stereocenters. The topological polar surface area (TPSA) is 63.2 Å². The van der Waals surface area contributed by atoms with E-state index in [2.05, 4.69) is 19.2 Å². The zero-order valence-corrected chi connectivity index (χ0v) is 12.4. The highest BCUT2D eigenvalue weighted by Gasteiger charge is 2.50. The summed E-state index contributed by atoms with van der Waals surface area (Å²) in [5, 5.41) is 2.85. The van der Waals surface area contributed by atoms with Gasteiger partial charge in [-0.1, -0.05) is 26.0 Å². The fraction of sp³-hybridized carbons (Fsp3) is 0.462. The molecule has 0 aliphatic heterocycles. The van der Waals surface area contributed by atoms with Crippen molar-refractivity contribution >= 4 is 25.6 Å². The van der Waals surface area contributed by atoms with Crippen molar-refractivity contribution in [2.45, 2.75) is 31.7 Å². The molecule has 1 amide bonds. The van der Waals surface area contributed by atoms with Gasteiger partial charge in [0.05, 0.1) is 4.90 Å². The lowest BCUT2D eigenvalue weighted by Gasteiger charge is -2.07. The van der Waals surface area contributed by atoms with Crippen LogP contribution in [0.25, 0.3) is 0 Å². The minimum absolute atomic E-state index is 0.0547. The number of rotatable bonds is 4. The van der Waals surface area contributed by atoms with Crippen LogP contribution in [0.2, 0.25) is 0 Å². The Bertz CT molecular complexity index is 593. The van der Waals surface area contributed by atoms with Crippen LogP contribution in [-0.4, -0.2) is 14.3 Å². The minimum atomic E-state index is -3.68. The van der Waals surface area contributed by atoms with E-state index in [-0.39, 0.29) is 22.1 Å². The van der Waals surface area contributed by atoms with Crippen LogP contribution in [-0.2, 0) is 20.4 Å². The molecule has 6 heteroatoms. The number of amides is 1. The number of halogens is 1. The number of carbonyl (C=O) groups is 1. The van der Waals surface area contributed by atoms with Crippen LogP contribution in [0.1, 0.15) is 25.8 Å². The highest BCUT2D eigenvalue weighted by Crippen LogP contribution is 2.51. The summed E-state index contributed by atoms with van der Waals surface area (Å²) in [6.07, 6.45) is 0.919. The molecule has 0 spiro atoms. The second-order valence-electron chi connectivity index (χ2n) is 5.54. The number of carbonyl (C=O) groups excluding carboxylic acids is 1. The van der Waals surface area contributed by atoms with Crippen molar-refractivity contribution in [1.82, 2.24) is 5.32 Å². The Balaban J connectivity index is 1.92. The van der Waals surface area contributed by atoms with Gasteiger partial charge >= 0.3 is 0 Å². The lowest BCUT2D eigenvalue weighted by atomic mass is 10.1. The van der Waals surface area contributed by atoms with Crippen molar-refractivity contribution in [3.8, 4) is 0 Å². The molecule has 0 radical (unpaired) electrons. The zero-order chi connectivity index (χ0) is 14.3. The number of nitrogens with one attached hydrogen (secondary N) is 1. The molecule has 0 saturated heterocycles. The molecule has 1 aliphatic rings. The van der Waals surface area contributed by atoms with Crippen LogP contribution in [0.15, 0.2) is 29.2 Å². The van der Waals surface area contributed by atoms with Gasteiger partial charge in [0.15, 0.2) is 0 Å². The molecule has 0 bridgehead atoms. The summed E-state index contributed by atoms with van der Waals surface area (Å²) in [4.78, 5) is 11.9. The molecule has 0 heterocycles. The average molecular weight is 302 g/mol. The first kappa shape index (κ1) is 14.3. The van der Waals surface area contributed by atoms with Gasteiger partial charge < -0.3 is 5.32 Å². The Morgan fingerprint density at radius 2 is 1.89 bits per heavy atom. The van der Waals surface area contributed by atoms with Crippen molar-refractivity contribution in [2.24, 2.45) is 11.3 Å². The molecule has 2 rings (SSSR count). The third-order valence-corrected chi connectivity index (χ3v) is 4.87. The maximum absolute atomic E-state index is 11.8. The molecule has 1 aromatic rings. The summed E-state index contributed by atoms with van der Waals surface area (Å²) in [6, 6.07) is 6.16. The van der Waals surface area contributed by atoms with Gasteiger partial charge in [-0.25, -0.2) is 8.42 Å². The normalized spacial score (nSPS) is 20.9. The largest absolute Gasteiger partial charge is 0.352 e. The smallest absolute Gasteiger partial charge is 0.261 e. The fourth-order valence-corrected chi connectivity index (χ4v) is 2.77. The molecule has 0 aromatic heterocycles. The molecule has 104 valence electrons. The standard InChI is InChI=1S/C13H16ClNO3S/c1-13(2)7-11(13)12(16)15-8-9-3-5-10(6-4-9)19(14,17)18/h3-6,11H,7-8H2,1-2H3,(H,15,16). The van der Waals surface area contributed by atoms with E-state index < -0.39 is 9.05 Å². The number of hydrogen-bond donors (Lipinski definition) is 1. The Hall–Kier alpha value is -1.07. The SMILES string of the molecule is CC1(C)CC1C(=O)NCc1ccc(S(=O)(=O)Cl)cc1. The Kier molecular flexibility index (Phi) is 3.62. The van der Waals surface area contributed by atoms with Gasteiger partial charge in [-0.15, -0.1) is 0 Å². The van der Waals surface area contributed by atoms with E-state index in [9.17, 15) is 13.2 Å². The highest BCUT2D eigenvalue weighted by atomic mass is 35.7. The molecule has 4 nitrogen and oxygen atoms in total. The first-order chi connectivity index (χ1) is 8.70. The van der Waals surface area contributed by atoms with E-state index in [0.29, 0.717) is 6.54 Å². The first-order valence-corrected chi connectivity index (χ1v) is 8.32. The van der Waals surface area contributed by atoms with Crippen LogP contribution in [0.3, 0.4) is 0 Å². The van der Waals surface area contributed by atoms with Crippen molar-refractivity contribution < 1.29 is 13.2 Å². The molecule has 1 aromatic carbocycles. The van der Waals surface area contributed by atoms with Crippen molar-refractivity contribution in [3.63, 3.8) is 0 Å². The predicted octanol–water partition coefficient (Wildman–Crippen LogP) is 2.28. The second-order valence-corrected chi connectivity index (χ2v) is 8.11. The number of benzene rings is 1. The Labute approximate surface area is 117 Å². The predicted molar refractivity (Wildman–Crippen MR) is 73.2 cm³/mol. The van der Waals surface area contributed by atoms with Gasteiger partial charge in [-0.2, -0.15) is 0 Å². The Morgan fingerprint density at radius 3 is 2.32 bits per heavy atom. The van der Waals surface area contributed by atoms with E-state index in [1.807, 2.05) is 0 Å². The van der Waals surface area contributed by atoms with E-state index in [4.69, 9.17) is 10.7 Å². The molecule has 1 aliphatic carbocycles. The quantitative estimate of drug-likeness (QED) is 0.868. The maximum Gasteiger partial charge on any atom is 0.261 e. The lowest BCUT2D eigenvalue weighted by Crippen LogP contribution is -2.25. The summed E-state index contributed by atoms with van der Waals surface area (Å²) in [5.74, 6) is 0.147. The summed E-state index contributed by atoms with van der Waals surface area (Å²) >= 11 is 0. The summed E-state index contributed by atoms with van der Waals surface area (Å²) in [7, 11) is 1.54. The van der Waals surface area contributed by atoms with E-state index >= 15 is 0 Å². The van der Waals surface area contributed by atoms with Gasteiger partial charge in [0.25, 0.3) is 9.05 Å². The molecule has 19 heavy (non-hydrogen) atoms. The highest BCUT2D eigenvalue weighted by molar-refractivity contribution is 8.13. The van der Waals surface area contributed by atoms with Gasteiger partial charge in [0, 0.05) is 23.1 Å². The first-order valence-electron chi connectivity index (χ1n) is 6.01. The lowest BCUT2D eigenvalue weighted by molar-refractivity contribution is -0.123. The maximum atomic E-state index is 11.8. The van der Waals surface area contributed by atoms with Crippen LogP contribution < -0.4 is 5.32 Å². The van der Waals surface area contributed by atoms with Crippen molar-refractivity contribution in [3.05, 3.63) is 29.8 Å². The van der Waals surface area contributed by atoms with Gasteiger partial charge in [0.2, 0.25) is 5.91 Å². The fourth-order valence-electron chi connectivity index (χ4n) is 2.00. The molecule has 1 N–H and O–H groups in total. The van der Waals surface area contributed by atoms with Crippen LogP contribution in [0.4, 0.5) is 0 Å². The molecular formula is C13H16ClNO3S. The third-order valence-electron chi connectivity index (χ3n) is 3.50. The average Bonchev–Trinajstić information content (AvgIpc) is 2.95. The summed E-state index contributed by atoms with van der Waals surface area (Å²) in [5.41, 5.74) is 0.955. The third kappa shape index (κ3) is 3.48. The van der Waals surface area contributed by atoms with Crippen LogP contribution in [0, 0.1) is 11.3 Å². The minimum Gasteiger partial charge on any atom is -0.352 e. The van der Waals surface area contributed by atoms with Crippen molar-refractivity contribution in [2.75, 3.05) is 0 Å². The molecule has 1 unspecified atom stereocenters. The number of hydrogen-bond acceptors (Lipinski definition) is 3. The van der Waals surface area contributed by atoms with Gasteiger partial charge in [-0.05, 0) is 29.5 Å². The zero-order valence-electron chi connectivity index (χ0n) is 10.8. The van der Waals surface area contributed by atoms with E-state index in [1.54, 1.807) is 12.1 Å². The van der Waals surface area contributed by atoms with Crippen LogP contribution >= 0.6 is 10.7 Å². The molecular weight excluding hydrogens is 286 g/mol. The van der Waals surface area contributed by atoms with E-state index in [1.165, 1.54) is 12.1 Å². The molecule has 1 fully saturated rings. The van der Waals surface area contributed by atoms with Crippen LogP contribution in [0.5, 0.6) is 0 Å².